The number of ether oxygens (including phenoxy) is 1. The van der Waals surface area contributed by atoms with Gasteiger partial charge in [-0.1, -0.05) is 6.92 Å². The number of hydrogen-bond donors (Lipinski definition) is 2. The average molecular weight is 189 g/mol. The van der Waals surface area contributed by atoms with E-state index in [0.29, 0.717) is 6.42 Å². The summed E-state index contributed by atoms with van der Waals surface area (Å²) in [4.78, 5) is 11.0. The summed E-state index contributed by atoms with van der Waals surface area (Å²) in [6.45, 7) is 7.48. The average Bonchev–Trinajstić information content (AvgIpc) is 1.97. The van der Waals surface area contributed by atoms with Gasteiger partial charge in [0.25, 0.3) is 0 Å². The van der Waals surface area contributed by atoms with Crippen molar-refractivity contribution in [2.75, 3.05) is 6.61 Å². The minimum atomic E-state index is -0.564. The second kappa shape index (κ2) is 5.07. The van der Waals surface area contributed by atoms with Gasteiger partial charge in [-0.3, -0.25) is 0 Å². The number of carbonyl (C=O) groups is 1. The van der Waals surface area contributed by atoms with Crippen LogP contribution in [0.25, 0.3) is 0 Å². The van der Waals surface area contributed by atoms with Crippen LogP contribution in [0, 0.1) is 0 Å². The second-order valence-electron chi connectivity index (χ2n) is 4.04. The highest BCUT2D eigenvalue weighted by molar-refractivity contribution is 5.68. The summed E-state index contributed by atoms with van der Waals surface area (Å²) in [5.74, 6) is 0. The van der Waals surface area contributed by atoms with Crippen LogP contribution in [-0.2, 0) is 4.74 Å². The molecular formula is C9H19NO3. The maximum absolute atomic E-state index is 11.0. The number of aliphatic hydroxyl groups excluding tert-OH is 1. The number of carbonyl (C=O) groups excluding carboxylic acids is 1. The molecule has 0 saturated carbocycles. The number of nitrogens with one attached hydrogen (secondary N) is 1. The molecule has 4 nitrogen and oxygen atoms in total. The van der Waals surface area contributed by atoms with Gasteiger partial charge in [-0.05, 0) is 27.2 Å². The van der Waals surface area contributed by atoms with Gasteiger partial charge in [-0.25, -0.2) is 4.79 Å². The maximum atomic E-state index is 11.0. The van der Waals surface area contributed by atoms with Gasteiger partial charge >= 0.3 is 6.09 Å². The maximum Gasteiger partial charge on any atom is 0.407 e. The molecule has 0 fully saturated rings. The molecule has 0 aromatic carbocycles. The molecule has 0 aliphatic rings. The standard InChI is InChI=1S/C9H19NO3/c1-5-7(11)6-13-8(12)10-9(2,3)4/h7,11H,5-6H2,1-4H3,(H,10,12). The molecule has 0 saturated heterocycles. The molecule has 0 rings (SSSR count). The van der Waals surface area contributed by atoms with E-state index >= 15 is 0 Å². The van der Waals surface area contributed by atoms with Gasteiger partial charge in [0.05, 0.1) is 6.10 Å². The first-order valence-electron chi connectivity index (χ1n) is 4.48. The molecule has 0 aromatic heterocycles. The van der Waals surface area contributed by atoms with E-state index in [0.717, 1.165) is 0 Å². The summed E-state index contributed by atoms with van der Waals surface area (Å²) < 4.78 is 4.77. The number of hydrogen-bond acceptors (Lipinski definition) is 3. The summed E-state index contributed by atoms with van der Waals surface area (Å²) in [6, 6.07) is 0. The van der Waals surface area contributed by atoms with Crippen molar-refractivity contribution in [2.24, 2.45) is 0 Å². The van der Waals surface area contributed by atoms with Crippen LogP contribution in [-0.4, -0.2) is 29.4 Å². The Morgan fingerprint density at radius 2 is 2.08 bits per heavy atom. The lowest BCUT2D eigenvalue weighted by atomic mass is 10.1. The Labute approximate surface area is 79.3 Å². The smallest absolute Gasteiger partial charge is 0.407 e. The lowest BCUT2D eigenvalue weighted by molar-refractivity contribution is 0.0631. The van der Waals surface area contributed by atoms with Crippen LogP contribution in [0.5, 0.6) is 0 Å². The van der Waals surface area contributed by atoms with Crippen molar-refractivity contribution in [2.45, 2.75) is 45.8 Å². The fourth-order valence-corrected chi connectivity index (χ4v) is 0.632. The highest BCUT2D eigenvalue weighted by atomic mass is 16.6. The van der Waals surface area contributed by atoms with Crippen LogP contribution < -0.4 is 5.32 Å². The van der Waals surface area contributed by atoms with Gasteiger partial charge in [0.2, 0.25) is 0 Å². The van der Waals surface area contributed by atoms with E-state index in [4.69, 9.17) is 9.84 Å². The zero-order valence-electron chi connectivity index (χ0n) is 8.76. The van der Waals surface area contributed by atoms with E-state index in [9.17, 15) is 4.79 Å². The summed E-state index contributed by atoms with van der Waals surface area (Å²) in [6.07, 6.45) is -0.464. The van der Waals surface area contributed by atoms with Crippen LogP contribution in [0.2, 0.25) is 0 Å². The Hall–Kier alpha value is -0.770. The first-order chi connectivity index (χ1) is 5.85. The van der Waals surface area contributed by atoms with Crippen molar-refractivity contribution in [3.05, 3.63) is 0 Å². The highest BCUT2D eigenvalue weighted by Crippen LogP contribution is 1.99. The van der Waals surface area contributed by atoms with Gasteiger partial charge in [0.1, 0.15) is 6.61 Å². The summed E-state index contributed by atoms with van der Waals surface area (Å²) in [5.41, 5.74) is -0.297. The number of rotatable bonds is 3. The minimum Gasteiger partial charge on any atom is -0.447 e. The molecule has 0 aliphatic carbocycles. The van der Waals surface area contributed by atoms with Crippen molar-refractivity contribution in [1.82, 2.24) is 5.32 Å². The summed E-state index contributed by atoms with van der Waals surface area (Å²) in [5, 5.41) is 11.7. The normalized spacial score (nSPS) is 13.6. The van der Waals surface area contributed by atoms with Gasteiger partial charge in [0, 0.05) is 5.54 Å². The summed E-state index contributed by atoms with van der Waals surface area (Å²) >= 11 is 0. The molecule has 2 N–H and O–H groups in total. The molecule has 78 valence electrons. The van der Waals surface area contributed by atoms with Gasteiger partial charge in [-0.2, -0.15) is 0 Å². The predicted octanol–water partition coefficient (Wildman–Crippen LogP) is 1.28. The van der Waals surface area contributed by atoms with Gasteiger partial charge in [0.15, 0.2) is 0 Å². The molecule has 1 atom stereocenters. The van der Waals surface area contributed by atoms with Crippen molar-refractivity contribution in [3.8, 4) is 0 Å². The number of alkyl carbamates (subject to hydrolysis) is 1. The molecular weight excluding hydrogens is 170 g/mol. The Bertz CT molecular complexity index is 163. The Morgan fingerprint density at radius 1 is 1.54 bits per heavy atom. The fraction of sp³-hybridized carbons (Fsp3) is 0.889. The Balaban J connectivity index is 3.64. The van der Waals surface area contributed by atoms with Crippen LogP contribution >= 0.6 is 0 Å². The molecule has 0 aromatic rings. The molecule has 0 aliphatic heterocycles. The second-order valence-corrected chi connectivity index (χ2v) is 4.04. The topological polar surface area (TPSA) is 58.6 Å². The Morgan fingerprint density at radius 3 is 2.46 bits per heavy atom. The van der Waals surface area contributed by atoms with Crippen molar-refractivity contribution < 1.29 is 14.6 Å². The predicted molar refractivity (Wildman–Crippen MR) is 50.5 cm³/mol. The van der Waals surface area contributed by atoms with Crippen LogP contribution in [0.4, 0.5) is 4.79 Å². The minimum absolute atomic E-state index is 0.0540. The molecule has 0 radical (unpaired) electrons. The van der Waals surface area contributed by atoms with E-state index in [-0.39, 0.29) is 12.1 Å². The molecule has 0 bridgehead atoms. The van der Waals surface area contributed by atoms with E-state index in [1.807, 2.05) is 27.7 Å². The van der Waals surface area contributed by atoms with E-state index < -0.39 is 12.2 Å². The lowest BCUT2D eigenvalue weighted by Gasteiger charge is -2.20. The molecule has 0 heterocycles. The summed E-state index contributed by atoms with van der Waals surface area (Å²) in [7, 11) is 0. The quantitative estimate of drug-likeness (QED) is 0.703. The molecule has 1 unspecified atom stereocenters. The number of amides is 1. The monoisotopic (exact) mass is 189 g/mol. The molecule has 1 amide bonds. The fourth-order valence-electron chi connectivity index (χ4n) is 0.632. The largest absolute Gasteiger partial charge is 0.447 e. The van der Waals surface area contributed by atoms with Crippen molar-refractivity contribution in [1.29, 1.82) is 0 Å². The van der Waals surface area contributed by atoms with Gasteiger partial charge < -0.3 is 15.2 Å². The number of aliphatic hydroxyl groups is 1. The third-order valence-corrected chi connectivity index (χ3v) is 1.36. The van der Waals surface area contributed by atoms with E-state index in [2.05, 4.69) is 5.32 Å². The Kier molecular flexibility index (Phi) is 4.77. The van der Waals surface area contributed by atoms with E-state index in [1.54, 1.807) is 0 Å². The third-order valence-electron chi connectivity index (χ3n) is 1.36. The van der Waals surface area contributed by atoms with Crippen LogP contribution in [0.1, 0.15) is 34.1 Å². The molecule has 0 spiro atoms. The van der Waals surface area contributed by atoms with Crippen molar-refractivity contribution in [3.63, 3.8) is 0 Å². The molecule has 4 heteroatoms. The zero-order chi connectivity index (χ0) is 10.5. The third kappa shape index (κ3) is 7.59. The van der Waals surface area contributed by atoms with Crippen LogP contribution in [0.3, 0.4) is 0 Å². The van der Waals surface area contributed by atoms with Crippen LogP contribution in [0.15, 0.2) is 0 Å². The highest BCUT2D eigenvalue weighted by Gasteiger charge is 2.15. The molecule has 13 heavy (non-hydrogen) atoms. The zero-order valence-corrected chi connectivity index (χ0v) is 8.76. The van der Waals surface area contributed by atoms with Crippen molar-refractivity contribution >= 4 is 6.09 Å². The van der Waals surface area contributed by atoms with E-state index in [1.165, 1.54) is 0 Å². The first kappa shape index (κ1) is 12.2. The first-order valence-corrected chi connectivity index (χ1v) is 4.48. The SMILES string of the molecule is CCC(O)COC(=O)NC(C)(C)C. The van der Waals surface area contributed by atoms with Gasteiger partial charge in [-0.15, -0.1) is 0 Å². The lowest BCUT2D eigenvalue weighted by Crippen LogP contribution is -2.41.